The summed E-state index contributed by atoms with van der Waals surface area (Å²) in [6.45, 7) is 2.29. The first kappa shape index (κ1) is 15.6. The average Bonchev–Trinajstić information content (AvgIpc) is 3.34. The largest absolute Gasteiger partial charge is 0.404 e. The molecule has 2 atom stereocenters. The van der Waals surface area contributed by atoms with Crippen molar-refractivity contribution < 1.29 is 0 Å². The lowest BCUT2D eigenvalue weighted by Crippen LogP contribution is -2.11. The van der Waals surface area contributed by atoms with Gasteiger partial charge in [0.15, 0.2) is 0 Å². The van der Waals surface area contributed by atoms with E-state index in [1.807, 2.05) is 12.3 Å². The van der Waals surface area contributed by atoms with Crippen LogP contribution in [0.15, 0.2) is 37.1 Å². The van der Waals surface area contributed by atoms with Crippen molar-refractivity contribution in [3.63, 3.8) is 0 Å². The minimum absolute atomic E-state index is 0.457. The summed E-state index contributed by atoms with van der Waals surface area (Å²) in [5.74, 6) is 0.645. The van der Waals surface area contributed by atoms with Crippen LogP contribution in [-0.2, 0) is 0 Å². The predicted molar refractivity (Wildman–Crippen MR) is 97.2 cm³/mol. The van der Waals surface area contributed by atoms with Gasteiger partial charge in [-0.2, -0.15) is 10.2 Å². The Morgan fingerprint density at radius 3 is 2.92 bits per heavy atom. The van der Waals surface area contributed by atoms with Crippen molar-refractivity contribution in [2.45, 2.75) is 32.2 Å². The number of rotatable bonds is 4. The van der Waals surface area contributed by atoms with Gasteiger partial charge in [0.2, 0.25) is 0 Å². The van der Waals surface area contributed by atoms with Crippen molar-refractivity contribution >= 4 is 17.3 Å². The van der Waals surface area contributed by atoms with Gasteiger partial charge in [-0.25, -0.2) is 9.50 Å². The van der Waals surface area contributed by atoms with Crippen LogP contribution in [0, 0.1) is 11.3 Å². The first-order valence-electron chi connectivity index (χ1n) is 8.53. The SMILES string of the molecule is CC1CCC[C@H]1n1cc(-c2nc(/C(C=N)=C/N)cn3nccc23)cn1. The van der Waals surface area contributed by atoms with E-state index in [2.05, 4.69) is 28.0 Å². The molecule has 7 heteroatoms. The van der Waals surface area contributed by atoms with Crippen molar-refractivity contribution in [2.24, 2.45) is 11.7 Å². The van der Waals surface area contributed by atoms with Gasteiger partial charge < -0.3 is 11.1 Å². The third-order valence-electron chi connectivity index (χ3n) is 5.05. The fourth-order valence-electron chi connectivity index (χ4n) is 3.65. The summed E-state index contributed by atoms with van der Waals surface area (Å²) in [4.78, 5) is 4.73. The third-order valence-corrected chi connectivity index (χ3v) is 5.05. The zero-order chi connectivity index (χ0) is 17.4. The Kier molecular flexibility index (Phi) is 3.83. The normalized spacial score (nSPS) is 21.1. The van der Waals surface area contributed by atoms with E-state index in [-0.39, 0.29) is 0 Å². The predicted octanol–water partition coefficient (Wildman–Crippen LogP) is 2.90. The lowest BCUT2D eigenvalue weighted by molar-refractivity contribution is 0.375. The average molecular weight is 335 g/mol. The molecule has 0 saturated heterocycles. The smallest absolute Gasteiger partial charge is 0.0999 e. The Balaban J connectivity index is 1.82. The van der Waals surface area contributed by atoms with Crippen molar-refractivity contribution in [3.8, 4) is 11.3 Å². The lowest BCUT2D eigenvalue weighted by atomic mass is 10.1. The summed E-state index contributed by atoms with van der Waals surface area (Å²) < 4.78 is 3.84. The molecule has 7 nitrogen and oxygen atoms in total. The number of nitrogens with two attached hydrogens (primary N) is 1. The Hall–Kier alpha value is -2.96. The van der Waals surface area contributed by atoms with E-state index in [9.17, 15) is 0 Å². The monoisotopic (exact) mass is 335 g/mol. The van der Waals surface area contributed by atoms with Gasteiger partial charge in [0.1, 0.15) is 0 Å². The van der Waals surface area contributed by atoms with Crippen molar-refractivity contribution in [2.75, 3.05) is 0 Å². The topological polar surface area (TPSA) is 97.9 Å². The Bertz CT molecular complexity index is 949. The Morgan fingerprint density at radius 2 is 2.20 bits per heavy atom. The summed E-state index contributed by atoms with van der Waals surface area (Å²) in [6.07, 6.45) is 13.7. The van der Waals surface area contributed by atoms with Crippen LogP contribution in [0.4, 0.5) is 0 Å². The number of hydrogen-bond donors (Lipinski definition) is 2. The maximum absolute atomic E-state index is 7.52. The summed E-state index contributed by atoms with van der Waals surface area (Å²) >= 11 is 0. The zero-order valence-electron chi connectivity index (χ0n) is 14.1. The molecule has 0 amide bonds. The molecule has 4 rings (SSSR count). The lowest BCUT2D eigenvalue weighted by Gasteiger charge is -2.15. The first-order valence-corrected chi connectivity index (χ1v) is 8.53. The second kappa shape index (κ2) is 6.16. The van der Waals surface area contributed by atoms with Crippen molar-refractivity contribution in [1.29, 1.82) is 5.41 Å². The van der Waals surface area contributed by atoms with Crippen LogP contribution in [0.3, 0.4) is 0 Å². The second-order valence-corrected chi connectivity index (χ2v) is 6.59. The molecule has 3 N–H and O–H groups in total. The van der Waals surface area contributed by atoms with Gasteiger partial charge >= 0.3 is 0 Å². The number of aromatic nitrogens is 5. The highest BCUT2D eigenvalue weighted by atomic mass is 15.3. The van der Waals surface area contributed by atoms with Gasteiger partial charge in [-0.15, -0.1) is 0 Å². The van der Waals surface area contributed by atoms with Crippen LogP contribution in [0.2, 0.25) is 0 Å². The van der Waals surface area contributed by atoms with E-state index in [1.165, 1.54) is 31.7 Å². The summed E-state index contributed by atoms with van der Waals surface area (Å²) in [6, 6.07) is 2.39. The van der Waals surface area contributed by atoms with Gasteiger partial charge in [0.05, 0.1) is 41.5 Å². The molecular weight excluding hydrogens is 314 g/mol. The highest BCUT2D eigenvalue weighted by molar-refractivity contribution is 6.07. The molecule has 0 aromatic carbocycles. The molecule has 25 heavy (non-hydrogen) atoms. The number of nitrogens with zero attached hydrogens (tertiary/aromatic N) is 5. The van der Waals surface area contributed by atoms with Gasteiger partial charge in [-0.05, 0) is 24.8 Å². The zero-order valence-corrected chi connectivity index (χ0v) is 14.1. The van der Waals surface area contributed by atoms with E-state index in [4.69, 9.17) is 16.1 Å². The van der Waals surface area contributed by atoms with E-state index in [0.29, 0.717) is 23.2 Å². The van der Waals surface area contributed by atoms with E-state index in [0.717, 1.165) is 16.8 Å². The molecular formula is C18H21N7. The van der Waals surface area contributed by atoms with Crippen LogP contribution in [-0.4, -0.2) is 30.6 Å². The van der Waals surface area contributed by atoms with Crippen molar-refractivity contribution in [3.05, 3.63) is 42.7 Å². The molecule has 1 saturated carbocycles. The molecule has 1 aliphatic rings. The number of nitrogens with one attached hydrogen (secondary N) is 1. The molecule has 0 bridgehead atoms. The van der Waals surface area contributed by atoms with Gasteiger partial charge in [-0.1, -0.05) is 13.3 Å². The third kappa shape index (κ3) is 2.61. The Labute approximate surface area is 145 Å². The molecule has 128 valence electrons. The van der Waals surface area contributed by atoms with Gasteiger partial charge in [0.25, 0.3) is 0 Å². The molecule has 1 fully saturated rings. The van der Waals surface area contributed by atoms with Gasteiger partial charge in [0, 0.05) is 29.7 Å². The quantitative estimate of drug-likeness (QED) is 0.716. The minimum Gasteiger partial charge on any atom is -0.404 e. The molecule has 0 aliphatic heterocycles. The van der Waals surface area contributed by atoms with E-state index < -0.39 is 0 Å². The highest BCUT2D eigenvalue weighted by Gasteiger charge is 2.26. The fraction of sp³-hybridized carbons (Fsp3) is 0.333. The summed E-state index contributed by atoms with van der Waals surface area (Å²) in [7, 11) is 0. The van der Waals surface area contributed by atoms with E-state index >= 15 is 0 Å². The molecule has 0 radical (unpaired) electrons. The molecule has 3 aromatic heterocycles. The molecule has 1 unspecified atom stereocenters. The number of hydrogen-bond acceptors (Lipinski definition) is 5. The van der Waals surface area contributed by atoms with E-state index in [1.54, 1.807) is 16.9 Å². The standard InChI is InChI=1S/C18H21N7/c1-12-3-2-4-16(12)24-10-14(9-22-24)18-17-5-6-21-25(17)11-15(23-18)13(7-19)8-20/h5-12,16,19H,2-4,20H2,1H3/b13-8+,19-7?/t12?,16-/m1/s1. The first-order chi connectivity index (χ1) is 12.2. The van der Waals surface area contributed by atoms with Crippen molar-refractivity contribution in [1.82, 2.24) is 24.4 Å². The summed E-state index contributed by atoms with van der Waals surface area (Å²) in [5.41, 5.74) is 9.45. The number of allylic oxidation sites excluding steroid dienone is 1. The highest BCUT2D eigenvalue weighted by Crippen LogP contribution is 2.35. The van der Waals surface area contributed by atoms with Crippen LogP contribution in [0.5, 0.6) is 0 Å². The second-order valence-electron chi connectivity index (χ2n) is 6.59. The molecule has 3 aromatic rings. The van der Waals surface area contributed by atoms with Crippen LogP contribution >= 0.6 is 0 Å². The minimum atomic E-state index is 0.457. The summed E-state index contributed by atoms with van der Waals surface area (Å²) in [5, 5.41) is 16.4. The van der Waals surface area contributed by atoms with Crippen LogP contribution < -0.4 is 5.73 Å². The maximum Gasteiger partial charge on any atom is 0.0999 e. The fourth-order valence-corrected chi connectivity index (χ4v) is 3.65. The maximum atomic E-state index is 7.52. The number of fused-ring (bicyclic) bond motifs is 1. The molecule has 1 aliphatic carbocycles. The van der Waals surface area contributed by atoms with Crippen LogP contribution in [0.25, 0.3) is 22.3 Å². The molecule has 0 spiro atoms. The molecule has 3 heterocycles. The van der Waals surface area contributed by atoms with Crippen LogP contribution in [0.1, 0.15) is 37.9 Å². The van der Waals surface area contributed by atoms with Gasteiger partial charge in [-0.3, -0.25) is 4.68 Å². The Morgan fingerprint density at radius 1 is 1.32 bits per heavy atom.